The number of aromatic nitrogens is 2. The normalized spacial score (nSPS) is 12.1. The van der Waals surface area contributed by atoms with E-state index in [1.54, 1.807) is 0 Å². The molecule has 3 heterocycles. The van der Waals surface area contributed by atoms with Crippen molar-refractivity contribution in [2.24, 2.45) is 0 Å². The molecule has 0 aliphatic heterocycles. The maximum absolute atomic E-state index is 6.70. The predicted molar refractivity (Wildman–Crippen MR) is 162 cm³/mol. The molecule has 39 heavy (non-hydrogen) atoms. The first-order valence-electron chi connectivity index (χ1n) is 13.3. The summed E-state index contributed by atoms with van der Waals surface area (Å²) in [7, 11) is 0. The van der Waals surface area contributed by atoms with Crippen LogP contribution in [0.3, 0.4) is 0 Å². The van der Waals surface area contributed by atoms with E-state index in [-0.39, 0.29) is 0 Å². The average molecular weight is 499 g/mol. The van der Waals surface area contributed by atoms with E-state index in [4.69, 9.17) is 4.42 Å². The molecule has 0 radical (unpaired) electrons. The molecule has 3 heteroatoms. The number of rotatable bonds is 2. The predicted octanol–water partition coefficient (Wildman–Crippen LogP) is 9.78. The largest absolute Gasteiger partial charge is 0.454 e. The summed E-state index contributed by atoms with van der Waals surface area (Å²) in [6, 6.07) is 47.5. The van der Waals surface area contributed by atoms with E-state index in [0.29, 0.717) is 0 Å². The van der Waals surface area contributed by atoms with Gasteiger partial charge < -0.3 is 13.6 Å². The van der Waals surface area contributed by atoms with Gasteiger partial charge in [0.1, 0.15) is 11.1 Å². The van der Waals surface area contributed by atoms with Crippen LogP contribution < -0.4 is 0 Å². The highest BCUT2D eigenvalue weighted by Crippen LogP contribution is 2.42. The van der Waals surface area contributed by atoms with Crippen LogP contribution in [0.1, 0.15) is 0 Å². The molecular weight excluding hydrogens is 476 g/mol. The molecule has 0 amide bonds. The third kappa shape index (κ3) is 2.82. The van der Waals surface area contributed by atoms with Gasteiger partial charge in [0, 0.05) is 39.0 Å². The molecule has 0 aliphatic carbocycles. The minimum Gasteiger partial charge on any atom is -0.454 e. The Labute approximate surface area is 223 Å². The average Bonchev–Trinajstić information content (AvgIpc) is 3.63. The summed E-state index contributed by atoms with van der Waals surface area (Å²) in [5, 5.41) is 7.18. The zero-order valence-corrected chi connectivity index (χ0v) is 21.0. The first-order valence-corrected chi connectivity index (χ1v) is 13.3. The molecule has 0 atom stereocenters. The van der Waals surface area contributed by atoms with Gasteiger partial charge in [-0.15, -0.1) is 0 Å². The lowest BCUT2D eigenvalue weighted by atomic mass is 10.1. The third-order valence-electron chi connectivity index (χ3n) is 8.07. The van der Waals surface area contributed by atoms with Crippen LogP contribution in [0.25, 0.3) is 76.9 Å². The first kappa shape index (κ1) is 20.7. The summed E-state index contributed by atoms with van der Waals surface area (Å²) in [5.41, 5.74) is 8.70. The van der Waals surface area contributed by atoms with E-state index in [9.17, 15) is 0 Å². The van der Waals surface area contributed by atoms with Crippen LogP contribution in [-0.4, -0.2) is 9.13 Å². The molecule has 0 N–H and O–H groups in total. The number of furan rings is 1. The van der Waals surface area contributed by atoms with Crippen LogP contribution >= 0.6 is 0 Å². The monoisotopic (exact) mass is 498 g/mol. The van der Waals surface area contributed by atoms with Crippen molar-refractivity contribution in [3.63, 3.8) is 0 Å². The van der Waals surface area contributed by atoms with Gasteiger partial charge in [0.25, 0.3) is 0 Å². The highest BCUT2D eigenvalue weighted by molar-refractivity contribution is 6.21. The van der Waals surface area contributed by atoms with E-state index in [1.807, 2.05) is 0 Å². The molecule has 0 bridgehead atoms. The first-order chi connectivity index (χ1) is 19.3. The van der Waals surface area contributed by atoms with E-state index in [0.717, 1.165) is 49.9 Å². The number of fused-ring (bicyclic) bond motifs is 9. The van der Waals surface area contributed by atoms with E-state index < -0.39 is 0 Å². The molecular formula is C36H22N2O. The summed E-state index contributed by atoms with van der Waals surface area (Å²) in [4.78, 5) is 0. The van der Waals surface area contributed by atoms with Crippen molar-refractivity contribution >= 4 is 65.6 Å². The summed E-state index contributed by atoms with van der Waals surface area (Å²) in [6.07, 6.45) is 0. The number of nitrogens with zero attached hydrogens (tertiary/aromatic N) is 2. The zero-order valence-electron chi connectivity index (χ0n) is 21.0. The third-order valence-corrected chi connectivity index (χ3v) is 8.07. The number of hydrogen-bond acceptors (Lipinski definition) is 1. The van der Waals surface area contributed by atoms with E-state index in [1.165, 1.54) is 27.1 Å². The summed E-state index contributed by atoms with van der Waals surface area (Å²) in [5.74, 6) is 0. The van der Waals surface area contributed by atoms with Gasteiger partial charge in [0.15, 0.2) is 5.58 Å². The van der Waals surface area contributed by atoms with Gasteiger partial charge >= 0.3 is 0 Å². The highest BCUT2D eigenvalue weighted by Gasteiger charge is 2.21. The van der Waals surface area contributed by atoms with Gasteiger partial charge in [-0.05, 0) is 59.3 Å². The molecule has 6 aromatic carbocycles. The maximum Gasteiger partial charge on any atom is 0.161 e. The lowest BCUT2D eigenvalue weighted by molar-refractivity contribution is 0.673. The second kappa shape index (κ2) is 7.62. The van der Waals surface area contributed by atoms with Gasteiger partial charge in [0.05, 0.1) is 16.6 Å². The fourth-order valence-electron chi connectivity index (χ4n) is 6.37. The minimum atomic E-state index is 0.896. The standard InChI is InChI=1S/C36H22N2O/c1-2-12-25(13-3-1)38-32-17-9-7-15-28(32)36-35(38)30-21-29-27-14-6-8-16-31(27)37(33(29)22-34(30)39-36)26-19-18-23-10-4-5-11-24(23)20-26/h1-22H. The SMILES string of the molecule is c1ccc(-n2c3ccccc3c3oc4cc5c(cc4c32)c2ccccc2n5-c2ccc3ccccc3c2)cc1. The Bertz CT molecular complexity index is 2390. The second-order valence-corrected chi connectivity index (χ2v) is 10.2. The molecule has 0 spiro atoms. The summed E-state index contributed by atoms with van der Waals surface area (Å²) < 4.78 is 11.4. The van der Waals surface area contributed by atoms with Crippen molar-refractivity contribution < 1.29 is 4.42 Å². The summed E-state index contributed by atoms with van der Waals surface area (Å²) in [6.45, 7) is 0. The molecule has 0 unspecified atom stereocenters. The number of benzene rings is 6. The minimum absolute atomic E-state index is 0.896. The van der Waals surface area contributed by atoms with Gasteiger partial charge in [0.2, 0.25) is 0 Å². The quantitative estimate of drug-likeness (QED) is 0.233. The van der Waals surface area contributed by atoms with Crippen LogP contribution in [0.2, 0.25) is 0 Å². The molecule has 0 fully saturated rings. The Hall–Kier alpha value is -5.28. The molecule has 0 aliphatic rings. The van der Waals surface area contributed by atoms with E-state index in [2.05, 4.69) is 143 Å². The van der Waals surface area contributed by atoms with Crippen molar-refractivity contribution in [1.82, 2.24) is 9.13 Å². The molecule has 0 saturated carbocycles. The Balaban J connectivity index is 1.43. The van der Waals surface area contributed by atoms with Crippen molar-refractivity contribution in [2.75, 3.05) is 0 Å². The Morgan fingerprint density at radius 2 is 1.10 bits per heavy atom. The smallest absolute Gasteiger partial charge is 0.161 e. The number of para-hydroxylation sites is 3. The van der Waals surface area contributed by atoms with Crippen molar-refractivity contribution in [3.05, 3.63) is 133 Å². The topological polar surface area (TPSA) is 23.0 Å². The van der Waals surface area contributed by atoms with E-state index >= 15 is 0 Å². The van der Waals surface area contributed by atoms with Gasteiger partial charge in [-0.25, -0.2) is 0 Å². The Morgan fingerprint density at radius 1 is 0.410 bits per heavy atom. The molecule has 9 rings (SSSR count). The Morgan fingerprint density at radius 3 is 1.95 bits per heavy atom. The van der Waals surface area contributed by atoms with Gasteiger partial charge in [-0.1, -0.05) is 78.9 Å². The van der Waals surface area contributed by atoms with Crippen molar-refractivity contribution in [3.8, 4) is 11.4 Å². The molecule has 3 nitrogen and oxygen atoms in total. The highest BCUT2D eigenvalue weighted by atomic mass is 16.3. The van der Waals surface area contributed by atoms with Crippen LogP contribution in [0.4, 0.5) is 0 Å². The molecule has 3 aromatic heterocycles. The van der Waals surface area contributed by atoms with Gasteiger partial charge in [-0.3, -0.25) is 0 Å². The molecule has 9 aromatic rings. The lowest BCUT2D eigenvalue weighted by Gasteiger charge is -2.09. The zero-order chi connectivity index (χ0) is 25.5. The van der Waals surface area contributed by atoms with Crippen molar-refractivity contribution in [1.29, 1.82) is 0 Å². The van der Waals surface area contributed by atoms with Crippen LogP contribution in [-0.2, 0) is 0 Å². The molecule has 0 saturated heterocycles. The Kier molecular flexibility index (Phi) is 4.05. The van der Waals surface area contributed by atoms with Crippen molar-refractivity contribution in [2.45, 2.75) is 0 Å². The second-order valence-electron chi connectivity index (χ2n) is 10.2. The molecule has 182 valence electrons. The van der Waals surface area contributed by atoms with Crippen LogP contribution in [0.5, 0.6) is 0 Å². The lowest BCUT2D eigenvalue weighted by Crippen LogP contribution is -1.94. The fourth-order valence-corrected chi connectivity index (χ4v) is 6.37. The van der Waals surface area contributed by atoms with Gasteiger partial charge in [-0.2, -0.15) is 0 Å². The number of hydrogen-bond donors (Lipinski definition) is 0. The van der Waals surface area contributed by atoms with Crippen LogP contribution in [0.15, 0.2) is 138 Å². The fraction of sp³-hybridized carbons (Fsp3) is 0. The van der Waals surface area contributed by atoms with Crippen LogP contribution in [0, 0.1) is 0 Å². The summed E-state index contributed by atoms with van der Waals surface area (Å²) >= 11 is 0. The maximum atomic E-state index is 6.70.